The first-order chi connectivity index (χ1) is 4.75. The summed E-state index contributed by atoms with van der Waals surface area (Å²) in [5.74, 6) is 2.60. The Balaban J connectivity index is 3.34. The van der Waals surface area contributed by atoms with Crippen molar-refractivity contribution in [3.63, 3.8) is 0 Å². The van der Waals surface area contributed by atoms with E-state index < -0.39 is 0 Å². The van der Waals surface area contributed by atoms with Gasteiger partial charge in [-0.15, -0.1) is 6.42 Å². The molecular weight excluding hydrogens is 124 g/mol. The standard InChI is InChI=1S/C9H8O/c1-3-8-7(2)5-4-6-9(8)10/h1,4-6,10H,2H3. The second-order valence-corrected chi connectivity index (χ2v) is 2.11. The Bertz CT molecular complexity index is 261. The summed E-state index contributed by atoms with van der Waals surface area (Å²) in [7, 11) is 0. The van der Waals surface area contributed by atoms with Gasteiger partial charge in [0.25, 0.3) is 0 Å². The third-order valence-corrected chi connectivity index (χ3v) is 1.40. The van der Waals surface area contributed by atoms with E-state index in [1.54, 1.807) is 12.1 Å². The zero-order valence-electron chi connectivity index (χ0n) is 5.76. The molecule has 0 heterocycles. The molecule has 1 rings (SSSR count). The third kappa shape index (κ3) is 0.964. The topological polar surface area (TPSA) is 20.2 Å². The lowest BCUT2D eigenvalue weighted by atomic mass is 10.1. The van der Waals surface area contributed by atoms with Gasteiger partial charge in [0.05, 0.1) is 5.56 Å². The number of hydrogen-bond donors (Lipinski definition) is 1. The molecule has 1 N–H and O–H groups in total. The lowest BCUT2D eigenvalue weighted by Gasteiger charge is -1.98. The van der Waals surface area contributed by atoms with Crippen LogP contribution in [0.2, 0.25) is 0 Å². The second-order valence-electron chi connectivity index (χ2n) is 2.11. The summed E-state index contributed by atoms with van der Waals surface area (Å²) in [4.78, 5) is 0. The van der Waals surface area contributed by atoms with Crippen LogP contribution in [0, 0.1) is 19.3 Å². The highest BCUT2D eigenvalue weighted by Crippen LogP contribution is 2.18. The van der Waals surface area contributed by atoms with Crippen molar-refractivity contribution in [1.29, 1.82) is 0 Å². The number of rotatable bonds is 0. The maximum absolute atomic E-state index is 9.15. The largest absolute Gasteiger partial charge is 0.507 e. The molecule has 50 valence electrons. The molecule has 0 atom stereocenters. The fourth-order valence-electron chi connectivity index (χ4n) is 0.840. The van der Waals surface area contributed by atoms with Crippen molar-refractivity contribution < 1.29 is 5.11 Å². The van der Waals surface area contributed by atoms with E-state index in [-0.39, 0.29) is 5.75 Å². The van der Waals surface area contributed by atoms with Crippen LogP contribution in [0.1, 0.15) is 11.1 Å². The van der Waals surface area contributed by atoms with Gasteiger partial charge in [0.2, 0.25) is 0 Å². The van der Waals surface area contributed by atoms with Crippen LogP contribution in [0.25, 0.3) is 0 Å². The molecule has 0 fully saturated rings. The number of phenols is 1. The van der Waals surface area contributed by atoms with Gasteiger partial charge in [-0.05, 0) is 18.6 Å². The minimum atomic E-state index is 0.183. The Kier molecular flexibility index (Phi) is 1.64. The normalized spacial score (nSPS) is 8.80. The SMILES string of the molecule is C#Cc1c(C)cccc1O. The van der Waals surface area contributed by atoms with Crippen LogP contribution in [0.3, 0.4) is 0 Å². The zero-order valence-corrected chi connectivity index (χ0v) is 5.76. The van der Waals surface area contributed by atoms with E-state index in [1.165, 1.54) is 0 Å². The molecule has 1 heteroatoms. The van der Waals surface area contributed by atoms with E-state index in [0.29, 0.717) is 5.56 Å². The van der Waals surface area contributed by atoms with Gasteiger partial charge in [-0.1, -0.05) is 18.1 Å². The van der Waals surface area contributed by atoms with E-state index in [4.69, 9.17) is 11.5 Å². The average Bonchev–Trinajstić information content (AvgIpc) is 1.88. The van der Waals surface area contributed by atoms with E-state index in [0.717, 1.165) is 5.56 Å². The maximum Gasteiger partial charge on any atom is 0.131 e. The lowest BCUT2D eigenvalue weighted by Crippen LogP contribution is -1.80. The molecule has 0 spiro atoms. The minimum Gasteiger partial charge on any atom is -0.507 e. The monoisotopic (exact) mass is 132 g/mol. The highest BCUT2D eigenvalue weighted by atomic mass is 16.3. The summed E-state index contributed by atoms with van der Waals surface area (Å²) in [6.45, 7) is 1.87. The van der Waals surface area contributed by atoms with E-state index >= 15 is 0 Å². The Hall–Kier alpha value is -1.42. The smallest absolute Gasteiger partial charge is 0.131 e. The van der Waals surface area contributed by atoms with Crippen LogP contribution in [0.5, 0.6) is 5.75 Å². The minimum absolute atomic E-state index is 0.183. The van der Waals surface area contributed by atoms with Crippen molar-refractivity contribution in [1.82, 2.24) is 0 Å². The van der Waals surface area contributed by atoms with Gasteiger partial charge in [-0.3, -0.25) is 0 Å². The van der Waals surface area contributed by atoms with Crippen LogP contribution in [0.15, 0.2) is 18.2 Å². The van der Waals surface area contributed by atoms with Crippen molar-refractivity contribution in [2.45, 2.75) is 6.92 Å². The number of aromatic hydroxyl groups is 1. The Morgan fingerprint density at radius 2 is 2.20 bits per heavy atom. The van der Waals surface area contributed by atoms with Crippen LogP contribution in [0.4, 0.5) is 0 Å². The molecule has 0 saturated carbocycles. The number of terminal acetylenes is 1. The fourth-order valence-corrected chi connectivity index (χ4v) is 0.840. The first-order valence-corrected chi connectivity index (χ1v) is 3.01. The van der Waals surface area contributed by atoms with Crippen LogP contribution in [-0.4, -0.2) is 5.11 Å². The number of aryl methyl sites for hydroxylation is 1. The van der Waals surface area contributed by atoms with Crippen molar-refractivity contribution >= 4 is 0 Å². The van der Waals surface area contributed by atoms with Crippen molar-refractivity contribution in [3.8, 4) is 18.1 Å². The molecule has 0 aliphatic carbocycles. The molecule has 10 heavy (non-hydrogen) atoms. The molecule has 0 aliphatic heterocycles. The number of benzene rings is 1. The van der Waals surface area contributed by atoms with Gasteiger partial charge < -0.3 is 5.11 Å². The molecule has 0 aromatic heterocycles. The first-order valence-electron chi connectivity index (χ1n) is 3.01. The second kappa shape index (κ2) is 2.45. The van der Waals surface area contributed by atoms with Gasteiger partial charge in [-0.2, -0.15) is 0 Å². The van der Waals surface area contributed by atoms with Crippen molar-refractivity contribution in [3.05, 3.63) is 29.3 Å². The molecule has 0 unspecified atom stereocenters. The Labute approximate surface area is 60.3 Å². The van der Waals surface area contributed by atoms with E-state index in [9.17, 15) is 0 Å². The van der Waals surface area contributed by atoms with Gasteiger partial charge >= 0.3 is 0 Å². The summed E-state index contributed by atoms with van der Waals surface area (Å²) >= 11 is 0. The summed E-state index contributed by atoms with van der Waals surface area (Å²) in [6.07, 6.45) is 5.14. The predicted molar refractivity (Wildman–Crippen MR) is 40.8 cm³/mol. The maximum atomic E-state index is 9.15. The third-order valence-electron chi connectivity index (χ3n) is 1.40. The van der Waals surface area contributed by atoms with Gasteiger partial charge in [0.1, 0.15) is 5.75 Å². The summed E-state index contributed by atoms with van der Waals surface area (Å²) < 4.78 is 0. The molecule has 0 saturated heterocycles. The zero-order chi connectivity index (χ0) is 7.56. The van der Waals surface area contributed by atoms with Crippen LogP contribution < -0.4 is 0 Å². The molecule has 1 aromatic carbocycles. The van der Waals surface area contributed by atoms with Crippen molar-refractivity contribution in [2.24, 2.45) is 0 Å². The molecule has 0 radical (unpaired) electrons. The molecule has 0 aliphatic rings. The highest BCUT2D eigenvalue weighted by Gasteiger charge is 1.98. The van der Waals surface area contributed by atoms with Gasteiger partial charge in [0.15, 0.2) is 0 Å². The summed E-state index contributed by atoms with van der Waals surface area (Å²) in [5, 5.41) is 9.15. The summed E-state index contributed by atoms with van der Waals surface area (Å²) in [6, 6.07) is 5.22. The predicted octanol–water partition coefficient (Wildman–Crippen LogP) is 1.68. The van der Waals surface area contributed by atoms with Gasteiger partial charge in [0, 0.05) is 0 Å². The molecule has 1 nitrogen and oxygen atoms in total. The summed E-state index contributed by atoms with van der Waals surface area (Å²) in [5.41, 5.74) is 1.52. The van der Waals surface area contributed by atoms with E-state index in [1.807, 2.05) is 13.0 Å². The number of phenolic OH excluding ortho intramolecular Hbond substituents is 1. The highest BCUT2D eigenvalue weighted by molar-refractivity contribution is 5.48. The van der Waals surface area contributed by atoms with Crippen LogP contribution in [-0.2, 0) is 0 Å². The Morgan fingerprint density at radius 3 is 2.60 bits per heavy atom. The fraction of sp³-hybridized carbons (Fsp3) is 0.111. The Morgan fingerprint density at radius 1 is 1.50 bits per heavy atom. The molecule has 1 aromatic rings. The first kappa shape index (κ1) is 6.70. The number of hydrogen-bond acceptors (Lipinski definition) is 1. The quantitative estimate of drug-likeness (QED) is 0.532. The van der Waals surface area contributed by atoms with Gasteiger partial charge in [-0.25, -0.2) is 0 Å². The van der Waals surface area contributed by atoms with E-state index in [2.05, 4.69) is 5.92 Å². The molecule has 0 amide bonds. The van der Waals surface area contributed by atoms with Crippen LogP contribution >= 0.6 is 0 Å². The lowest BCUT2D eigenvalue weighted by molar-refractivity contribution is 0.473. The molecular formula is C9H8O. The molecule has 0 bridgehead atoms. The average molecular weight is 132 g/mol. The van der Waals surface area contributed by atoms with Crippen molar-refractivity contribution in [2.75, 3.05) is 0 Å².